The van der Waals surface area contributed by atoms with Crippen LogP contribution in [0.25, 0.3) is 0 Å². The van der Waals surface area contributed by atoms with E-state index in [-0.39, 0.29) is 11.4 Å². The van der Waals surface area contributed by atoms with Gasteiger partial charge in [0, 0.05) is 10.6 Å². The van der Waals surface area contributed by atoms with E-state index >= 15 is 0 Å². The zero-order chi connectivity index (χ0) is 12.0. The van der Waals surface area contributed by atoms with E-state index in [1.807, 2.05) is 0 Å². The van der Waals surface area contributed by atoms with Crippen molar-refractivity contribution in [2.24, 2.45) is 17.6 Å². The second kappa shape index (κ2) is 3.96. The molecule has 0 saturated heterocycles. The van der Waals surface area contributed by atoms with Crippen LogP contribution in [0, 0.1) is 17.7 Å². The molecule has 2 fully saturated rings. The maximum Gasteiger partial charge on any atom is 0.126 e. The predicted octanol–water partition coefficient (Wildman–Crippen LogP) is 3.54. The van der Waals surface area contributed by atoms with Crippen LogP contribution in [0.3, 0.4) is 0 Å². The average molecular weight is 254 g/mol. The molecule has 3 heteroatoms. The summed E-state index contributed by atoms with van der Waals surface area (Å²) in [5.74, 6) is 1.17. The number of hydrogen-bond donors (Lipinski definition) is 1. The number of rotatable bonds is 2. The normalized spacial score (nSPS) is 35.5. The zero-order valence-corrected chi connectivity index (χ0v) is 10.5. The van der Waals surface area contributed by atoms with Crippen LogP contribution < -0.4 is 5.73 Å². The lowest BCUT2D eigenvalue weighted by Gasteiger charge is -2.34. The van der Waals surface area contributed by atoms with Crippen molar-refractivity contribution in [1.29, 1.82) is 0 Å². The largest absolute Gasteiger partial charge is 0.325 e. The van der Waals surface area contributed by atoms with Crippen molar-refractivity contribution < 1.29 is 4.39 Å². The summed E-state index contributed by atoms with van der Waals surface area (Å²) in [7, 11) is 0. The Balaban J connectivity index is 1.85. The fraction of sp³-hybridized carbons (Fsp3) is 0.571. The Morgan fingerprint density at radius 3 is 2.88 bits per heavy atom. The first-order valence-electron chi connectivity index (χ1n) is 6.30. The highest BCUT2D eigenvalue weighted by molar-refractivity contribution is 6.30. The van der Waals surface area contributed by atoms with Gasteiger partial charge >= 0.3 is 0 Å². The highest BCUT2D eigenvalue weighted by Gasteiger charge is 2.48. The molecule has 0 aliphatic heterocycles. The molecule has 1 nitrogen and oxygen atoms in total. The van der Waals surface area contributed by atoms with Gasteiger partial charge in [0.15, 0.2) is 0 Å². The van der Waals surface area contributed by atoms with Crippen molar-refractivity contribution in [3.05, 3.63) is 34.6 Å². The second-order valence-electron chi connectivity index (χ2n) is 5.73. The van der Waals surface area contributed by atoms with Gasteiger partial charge in [-0.15, -0.1) is 0 Å². The van der Waals surface area contributed by atoms with Crippen molar-refractivity contribution in [3.63, 3.8) is 0 Å². The van der Waals surface area contributed by atoms with Gasteiger partial charge in [0.2, 0.25) is 0 Å². The number of hydrogen-bond acceptors (Lipinski definition) is 1. The van der Waals surface area contributed by atoms with E-state index in [0.717, 1.165) is 12.3 Å². The van der Waals surface area contributed by atoms with Crippen LogP contribution in [0.5, 0.6) is 0 Å². The number of benzene rings is 1. The summed E-state index contributed by atoms with van der Waals surface area (Å²) in [6, 6.07) is 4.75. The molecule has 3 atom stereocenters. The van der Waals surface area contributed by atoms with Crippen LogP contribution in [0.2, 0.25) is 5.02 Å². The van der Waals surface area contributed by atoms with Gasteiger partial charge in [-0.25, -0.2) is 4.39 Å². The highest BCUT2D eigenvalue weighted by atomic mass is 35.5. The molecule has 2 bridgehead atoms. The molecule has 1 aromatic rings. The molecule has 0 aromatic heterocycles. The smallest absolute Gasteiger partial charge is 0.126 e. The molecule has 1 aromatic carbocycles. The summed E-state index contributed by atoms with van der Waals surface area (Å²) < 4.78 is 13.7. The van der Waals surface area contributed by atoms with Crippen LogP contribution in [-0.4, -0.2) is 5.54 Å². The van der Waals surface area contributed by atoms with Gasteiger partial charge in [-0.3, -0.25) is 0 Å². The summed E-state index contributed by atoms with van der Waals surface area (Å²) in [4.78, 5) is 0. The molecular weight excluding hydrogens is 237 g/mol. The lowest BCUT2D eigenvalue weighted by Crippen LogP contribution is -2.47. The topological polar surface area (TPSA) is 26.0 Å². The minimum Gasteiger partial charge on any atom is -0.325 e. The maximum atomic E-state index is 13.7. The SMILES string of the molecule is NC1(Cc2cc(Cl)ccc2F)CC2CCC1C2. The van der Waals surface area contributed by atoms with Crippen molar-refractivity contribution in [1.82, 2.24) is 0 Å². The minimum atomic E-state index is -0.200. The Kier molecular flexibility index (Phi) is 2.68. The highest BCUT2D eigenvalue weighted by Crippen LogP contribution is 2.50. The Labute approximate surface area is 106 Å². The maximum absolute atomic E-state index is 13.7. The van der Waals surface area contributed by atoms with Gasteiger partial charge in [0.1, 0.15) is 5.82 Å². The Morgan fingerprint density at radius 2 is 2.24 bits per heavy atom. The van der Waals surface area contributed by atoms with Gasteiger partial charge in [0.05, 0.1) is 0 Å². The third-order valence-corrected chi connectivity index (χ3v) is 4.79. The Bertz CT molecular complexity index is 448. The lowest BCUT2D eigenvalue weighted by atomic mass is 9.77. The second-order valence-corrected chi connectivity index (χ2v) is 6.16. The summed E-state index contributed by atoms with van der Waals surface area (Å²) in [6.45, 7) is 0. The molecule has 2 aliphatic rings. The molecule has 0 radical (unpaired) electrons. The molecule has 2 saturated carbocycles. The van der Waals surface area contributed by atoms with E-state index in [1.165, 1.54) is 25.3 Å². The Morgan fingerprint density at radius 1 is 1.41 bits per heavy atom. The molecule has 0 amide bonds. The molecule has 0 spiro atoms. The van der Waals surface area contributed by atoms with Crippen molar-refractivity contribution >= 4 is 11.6 Å². The first kappa shape index (κ1) is 11.5. The van der Waals surface area contributed by atoms with E-state index in [2.05, 4.69) is 0 Å². The molecule has 92 valence electrons. The monoisotopic (exact) mass is 253 g/mol. The molecule has 0 heterocycles. The summed E-state index contributed by atoms with van der Waals surface area (Å²) >= 11 is 5.92. The van der Waals surface area contributed by atoms with Crippen LogP contribution in [0.15, 0.2) is 18.2 Å². The van der Waals surface area contributed by atoms with E-state index in [9.17, 15) is 4.39 Å². The number of halogens is 2. The third-order valence-electron chi connectivity index (χ3n) is 4.55. The van der Waals surface area contributed by atoms with Crippen molar-refractivity contribution in [3.8, 4) is 0 Å². The average Bonchev–Trinajstić information content (AvgIpc) is 2.83. The van der Waals surface area contributed by atoms with Gasteiger partial charge in [-0.05, 0) is 61.3 Å². The van der Waals surface area contributed by atoms with Crippen LogP contribution in [-0.2, 0) is 6.42 Å². The van der Waals surface area contributed by atoms with Gasteiger partial charge in [-0.1, -0.05) is 18.0 Å². The quantitative estimate of drug-likeness (QED) is 0.857. The number of nitrogens with two attached hydrogens (primary N) is 1. The Hall–Kier alpha value is -0.600. The van der Waals surface area contributed by atoms with Crippen LogP contribution >= 0.6 is 11.6 Å². The van der Waals surface area contributed by atoms with E-state index < -0.39 is 0 Å². The molecule has 17 heavy (non-hydrogen) atoms. The molecule has 2 aliphatic carbocycles. The van der Waals surface area contributed by atoms with Gasteiger partial charge < -0.3 is 5.73 Å². The number of fused-ring (bicyclic) bond motifs is 2. The summed E-state index contributed by atoms with van der Waals surface area (Å²) in [6.07, 6.45) is 5.42. The molecule has 3 unspecified atom stereocenters. The minimum absolute atomic E-state index is 0.179. The lowest BCUT2D eigenvalue weighted by molar-refractivity contribution is 0.267. The fourth-order valence-electron chi connectivity index (χ4n) is 3.74. The molecule has 2 N–H and O–H groups in total. The predicted molar refractivity (Wildman–Crippen MR) is 67.5 cm³/mol. The summed E-state index contributed by atoms with van der Waals surface area (Å²) in [5, 5.41) is 0.591. The first-order chi connectivity index (χ1) is 8.07. The molecular formula is C14H17ClFN. The fourth-order valence-corrected chi connectivity index (χ4v) is 3.93. The third kappa shape index (κ3) is 1.98. The van der Waals surface area contributed by atoms with Gasteiger partial charge in [0.25, 0.3) is 0 Å². The van der Waals surface area contributed by atoms with E-state index in [1.54, 1.807) is 12.1 Å². The summed E-state index contributed by atoms with van der Waals surface area (Å²) in [5.41, 5.74) is 6.96. The van der Waals surface area contributed by atoms with Crippen LogP contribution in [0.1, 0.15) is 31.2 Å². The van der Waals surface area contributed by atoms with Crippen molar-refractivity contribution in [2.75, 3.05) is 0 Å². The van der Waals surface area contributed by atoms with Crippen LogP contribution in [0.4, 0.5) is 4.39 Å². The van der Waals surface area contributed by atoms with Gasteiger partial charge in [-0.2, -0.15) is 0 Å². The molecule has 3 rings (SSSR count). The van der Waals surface area contributed by atoms with E-state index in [4.69, 9.17) is 17.3 Å². The first-order valence-corrected chi connectivity index (χ1v) is 6.67. The van der Waals surface area contributed by atoms with E-state index in [0.29, 0.717) is 22.9 Å². The zero-order valence-electron chi connectivity index (χ0n) is 9.76. The van der Waals surface area contributed by atoms with Crippen molar-refractivity contribution in [2.45, 2.75) is 37.6 Å². The standard InChI is InChI=1S/C14H17ClFN/c15-12-3-4-13(16)10(6-12)8-14(17)7-9-1-2-11(14)5-9/h3-4,6,9,11H,1-2,5,7-8,17H2.